The summed E-state index contributed by atoms with van der Waals surface area (Å²) in [6, 6.07) is 6.16. The van der Waals surface area contributed by atoms with E-state index in [9.17, 15) is 9.90 Å². The molecule has 2 rings (SSSR count). The molecule has 1 atom stereocenters. The number of rotatable bonds is 2. The molecule has 17 heavy (non-hydrogen) atoms. The second-order valence-electron chi connectivity index (χ2n) is 4.11. The minimum atomic E-state index is -0.434. The Morgan fingerprint density at radius 1 is 1.59 bits per heavy atom. The molecule has 5 nitrogen and oxygen atoms in total. The number of carbonyl (C=O) groups excluding carboxylic acids is 1. The van der Waals surface area contributed by atoms with E-state index in [2.05, 4.69) is 0 Å². The lowest BCUT2D eigenvalue weighted by Gasteiger charge is -2.16. The van der Waals surface area contributed by atoms with Crippen molar-refractivity contribution < 1.29 is 9.90 Å². The van der Waals surface area contributed by atoms with Gasteiger partial charge in [-0.15, -0.1) is 0 Å². The van der Waals surface area contributed by atoms with Crippen LogP contribution in [0.2, 0.25) is 0 Å². The summed E-state index contributed by atoms with van der Waals surface area (Å²) in [5.74, 6) is -0.0102. The van der Waals surface area contributed by atoms with Gasteiger partial charge in [0, 0.05) is 18.7 Å². The van der Waals surface area contributed by atoms with Crippen LogP contribution in [0, 0.1) is 11.3 Å². The highest BCUT2D eigenvalue weighted by molar-refractivity contribution is 5.83. The SMILES string of the molecule is N#Cc1ccc(O)c(CN2CC[C@H](N)C2=O)c1. The maximum atomic E-state index is 11.6. The summed E-state index contributed by atoms with van der Waals surface area (Å²) in [7, 11) is 0. The van der Waals surface area contributed by atoms with E-state index in [1.807, 2.05) is 6.07 Å². The van der Waals surface area contributed by atoms with Crippen molar-refractivity contribution in [3.63, 3.8) is 0 Å². The Kier molecular flexibility index (Phi) is 2.98. The average molecular weight is 231 g/mol. The van der Waals surface area contributed by atoms with Gasteiger partial charge in [0.2, 0.25) is 5.91 Å². The lowest BCUT2D eigenvalue weighted by Crippen LogP contribution is -2.33. The zero-order valence-electron chi connectivity index (χ0n) is 9.26. The highest BCUT2D eigenvalue weighted by atomic mass is 16.3. The lowest BCUT2D eigenvalue weighted by atomic mass is 10.1. The number of phenols is 1. The monoisotopic (exact) mass is 231 g/mol. The molecule has 0 bridgehead atoms. The van der Waals surface area contributed by atoms with Gasteiger partial charge in [0.1, 0.15) is 5.75 Å². The fourth-order valence-electron chi connectivity index (χ4n) is 1.91. The Balaban J connectivity index is 2.19. The quantitative estimate of drug-likeness (QED) is 0.767. The summed E-state index contributed by atoms with van der Waals surface area (Å²) in [5, 5.41) is 18.4. The van der Waals surface area contributed by atoms with Gasteiger partial charge in [-0.2, -0.15) is 5.26 Å². The van der Waals surface area contributed by atoms with Crippen LogP contribution in [-0.4, -0.2) is 28.5 Å². The Morgan fingerprint density at radius 2 is 2.35 bits per heavy atom. The fourth-order valence-corrected chi connectivity index (χ4v) is 1.91. The molecule has 5 heteroatoms. The predicted octanol–water partition coefficient (Wildman–Crippen LogP) is 0.323. The van der Waals surface area contributed by atoms with Crippen LogP contribution in [0.4, 0.5) is 0 Å². The van der Waals surface area contributed by atoms with Gasteiger partial charge >= 0.3 is 0 Å². The van der Waals surface area contributed by atoms with Gasteiger partial charge in [-0.25, -0.2) is 0 Å². The summed E-state index contributed by atoms with van der Waals surface area (Å²) in [6.45, 7) is 0.893. The van der Waals surface area contributed by atoms with E-state index in [-0.39, 0.29) is 11.7 Å². The molecule has 1 aliphatic rings. The van der Waals surface area contributed by atoms with Crippen LogP contribution < -0.4 is 5.73 Å². The van der Waals surface area contributed by atoms with Gasteiger partial charge in [-0.1, -0.05) is 0 Å². The van der Waals surface area contributed by atoms with Crippen LogP contribution in [0.3, 0.4) is 0 Å². The number of nitriles is 1. The van der Waals surface area contributed by atoms with Crippen molar-refractivity contribution in [1.82, 2.24) is 4.90 Å². The van der Waals surface area contributed by atoms with E-state index in [1.54, 1.807) is 11.0 Å². The molecule has 1 aromatic rings. The van der Waals surface area contributed by atoms with Crippen LogP contribution in [0.1, 0.15) is 17.5 Å². The molecule has 1 aliphatic heterocycles. The van der Waals surface area contributed by atoms with Gasteiger partial charge in [0.15, 0.2) is 0 Å². The number of likely N-dealkylation sites (tertiary alicyclic amines) is 1. The van der Waals surface area contributed by atoms with Crippen LogP contribution in [-0.2, 0) is 11.3 Å². The lowest BCUT2D eigenvalue weighted by molar-refractivity contribution is -0.129. The zero-order valence-corrected chi connectivity index (χ0v) is 9.26. The van der Waals surface area contributed by atoms with Gasteiger partial charge < -0.3 is 15.7 Å². The number of hydrogen-bond acceptors (Lipinski definition) is 4. The van der Waals surface area contributed by atoms with E-state index < -0.39 is 6.04 Å². The van der Waals surface area contributed by atoms with Crippen molar-refractivity contribution in [3.05, 3.63) is 29.3 Å². The first-order chi connectivity index (χ1) is 8.11. The van der Waals surface area contributed by atoms with Crippen molar-refractivity contribution in [1.29, 1.82) is 5.26 Å². The van der Waals surface area contributed by atoms with E-state index >= 15 is 0 Å². The molecule has 3 N–H and O–H groups in total. The van der Waals surface area contributed by atoms with E-state index in [1.165, 1.54) is 12.1 Å². The number of carbonyl (C=O) groups is 1. The number of hydrogen-bond donors (Lipinski definition) is 2. The van der Waals surface area contributed by atoms with Crippen molar-refractivity contribution >= 4 is 5.91 Å². The molecule has 1 amide bonds. The largest absolute Gasteiger partial charge is 0.508 e. The van der Waals surface area contributed by atoms with E-state index in [0.29, 0.717) is 30.6 Å². The van der Waals surface area contributed by atoms with Gasteiger partial charge in [-0.05, 0) is 24.6 Å². The smallest absolute Gasteiger partial charge is 0.239 e. The summed E-state index contributed by atoms with van der Waals surface area (Å²) in [5.41, 5.74) is 6.65. The number of nitrogens with two attached hydrogens (primary N) is 1. The second-order valence-corrected chi connectivity index (χ2v) is 4.11. The van der Waals surface area contributed by atoms with Crippen LogP contribution in [0.15, 0.2) is 18.2 Å². The normalized spacial score (nSPS) is 19.4. The van der Waals surface area contributed by atoms with Gasteiger partial charge in [0.25, 0.3) is 0 Å². The number of nitrogens with zero attached hydrogens (tertiary/aromatic N) is 2. The van der Waals surface area contributed by atoms with Crippen molar-refractivity contribution in [2.75, 3.05) is 6.54 Å². The summed E-state index contributed by atoms with van der Waals surface area (Å²) < 4.78 is 0. The molecule has 1 fully saturated rings. The number of amides is 1. The standard InChI is InChI=1S/C12H13N3O2/c13-6-8-1-2-11(16)9(5-8)7-15-4-3-10(14)12(15)17/h1-2,5,10,16H,3-4,7,14H2/t10-/m0/s1. The van der Waals surface area contributed by atoms with E-state index in [0.717, 1.165) is 0 Å². The Labute approximate surface area is 99.1 Å². The van der Waals surface area contributed by atoms with Gasteiger partial charge in [-0.3, -0.25) is 4.79 Å². The third-order valence-electron chi connectivity index (χ3n) is 2.91. The maximum absolute atomic E-state index is 11.6. The molecular weight excluding hydrogens is 218 g/mol. The van der Waals surface area contributed by atoms with E-state index in [4.69, 9.17) is 11.0 Å². The Morgan fingerprint density at radius 3 is 2.94 bits per heavy atom. The fraction of sp³-hybridized carbons (Fsp3) is 0.333. The summed E-state index contributed by atoms with van der Waals surface area (Å²) in [4.78, 5) is 13.2. The molecule has 0 saturated carbocycles. The first-order valence-corrected chi connectivity index (χ1v) is 5.38. The summed E-state index contributed by atoms with van der Waals surface area (Å²) >= 11 is 0. The van der Waals surface area contributed by atoms with Crippen LogP contribution in [0.25, 0.3) is 0 Å². The first-order valence-electron chi connectivity index (χ1n) is 5.38. The zero-order chi connectivity index (χ0) is 12.4. The Bertz CT molecular complexity index is 493. The first kappa shape index (κ1) is 11.4. The van der Waals surface area contributed by atoms with Crippen LogP contribution in [0.5, 0.6) is 5.75 Å². The third kappa shape index (κ3) is 2.22. The minimum Gasteiger partial charge on any atom is -0.508 e. The van der Waals surface area contributed by atoms with Gasteiger partial charge in [0.05, 0.1) is 17.7 Å². The molecule has 0 spiro atoms. The second kappa shape index (κ2) is 4.44. The van der Waals surface area contributed by atoms with Crippen molar-refractivity contribution in [3.8, 4) is 11.8 Å². The molecular formula is C12H13N3O2. The highest BCUT2D eigenvalue weighted by Crippen LogP contribution is 2.22. The number of benzene rings is 1. The minimum absolute atomic E-state index is 0.0947. The molecule has 1 saturated heterocycles. The third-order valence-corrected chi connectivity index (χ3v) is 2.91. The molecule has 1 aromatic carbocycles. The molecule has 88 valence electrons. The van der Waals surface area contributed by atoms with Crippen molar-refractivity contribution in [2.45, 2.75) is 19.0 Å². The topological polar surface area (TPSA) is 90.3 Å². The molecule has 0 radical (unpaired) electrons. The summed E-state index contributed by atoms with van der Waals surface area (Å²) in [6.07, 6.45) is 0.636. The maximum Gasteiger partial charge on any atom is 0.239 e. The molecule has 0 aliphatic carbocycles. The molecule has 1 heterocycles. The number of phenolic OH excluding ortho intramolecular Hbond substituents is 1. The average Bonchev–Trinajstić information content (AvgIpc) is 2.64. The molecule has 0 unspecified atom stereocenters. The predicted molar refractivity (Wildman–Crippen MR) is 60.8 cm³/mol. The Hall–Kier alpha value is -2.06. The number of aromatic hydroxyl groups is 1. The van der Waals surface area contributed by atoms with Crippen LogP contribution >= 0.6 is 0 Å². The molecule has 0 aromatic heterocycles. The highest BCUT2D eigenvalue weighted by Gasteiger charge is 2.28. The van der Waals surface area contributed by atoms with Crippen molar-refractivity contribution in [2.24, 2.45) is 5.73 Å².